The highest BCUT2D eigenvalue weighted by Gasteiger charge is 2.37. The molecule has 0 bridgehead atoms. The Bertz CT molecular complexity index is 445. The number of rotatable bonds is 6. The molecule has 1 aromatic heterocycles. The third-order valence-corrected chi connectivity index (χ3v) is 4.00. The zero-order chi connectivity index (χ0) is 13.8. The van der Waals surface area contributed by atoms with Gasteiger partial charge in [-0.25, -0.2) is 14.6 Å². The second-order valence-corrected chi connectivity index (χ2v) is 5.53. The fourth-order valence-electron chi connectivity index (χ4n) is 1.90. The molecule has 2 amide bonds. The van der Waals surface area contributed by atoms with Crippen molar-refractivity contribution >= 4 is 23.3 Å². The number of hydrogen-bond donors (Lipinski definition) is 3. The molecule has 3 N–H and O–H groups in total. The molecule has 104 valence electrons. The van der Waals surface area contributed by atoms with E-state index < -0.39 is 18.0 Å². The van der Waals surface area contributed by atoms with Crippen molar-refractivity contribution in [1.29, 1.82) is 0 Å². The zero-order valence-electron chi connectivity index (χ0n) is 10.6. The average Bonchev–Trinajstić information content (AvgIpc) is 3.07. The van der Waals surface area contributed by atoms with Gasteiger partial charge in [-0.2, -0.15) is 0 Å². The van der Waals surface area contributed by atoms with Gasteiger partial charge in [0.2, 0.25) is 0 Å². The maximum absolute atomic E-state index is 11.8. The molecule has 7 heteroatoms. The van der Waals surface area contributed by atoms with Crippen molar-refractivity contribution in [2.24, 2.45) is 5.92 Å². The van der Waals surface area contributed by atoms with E-state index in [0.29, 0.717) is 6.42 Å². The molecule has 0 saturated heterocycles. The third-order valence-electron chi connectivity index (χ3n) is 3.11. The summed E-state index contributed by atoms with van der Waals surface area (Å²) in [6.45, 7) is 1.95. The lowest BCUT2D eigenvalue weighted by Gasteiger charge is -2.18. The van der Waals surface area contributed by atoms with Crippen LogP contribution in [0.15, 0.2) is 11.6 Å². The number of aliphatic carboxylic acids is 1. The Labute approximate surface area is 115 Å². The maximum Gasteiger partial charge on any atom is 0.326 e. The van der Waals surface area contributed by atoms with Gasteiger partial charge in [0.1, 0.15) is 11.0 Å². The number of amides is 2. The second-order valence-electron chi connectivity index (χ2n) is 4.60. The fourth-order valence-corrected chi connectivity index (χ4v) is 2.67. The van der Waals surface area contributed by atoms with E-state index in [0.717, 1.165) is 17.8 Å². The van der Waals surface area contributed by atoms with Gasteiger partial charge >= 0.3 is 12.0 Å². The molecule has 1 heterocycles. The van der Waals surface area contributed by atoms with Gasteiger partial charge in [0.05, 0.1) is 6.04 Å². The number of nitrogens with zero attached hydrogens (tertiary/aromatic N) is 1. The van der Waals surface area contributed by atoms with Gasteiger partial charge in [0, 0.05) is 11.6 Å². The summed E-state index contributed by atoms with van der Waals surface area (Å²) >= 11 is 1.47. The summed E-state index contributed by atoms with van der Waals surface area (Å²) in [5.74, 6) is -0.900. The van der Waals surface area contributed by atoms with Crippen molar-refractivity contribution in [2.75, 3.05) is 0 Å². The van der Waals surface area contributed by atoms with Crippen molar-refractivity contribution in [1.82, 2.24) is 15.6 Å². The number of hydrogen-bond acceptors (Lipinski definition) is 4. The SMILES string of the molecule is CCC(NC(=O)NC(C(=O)O)C1CC1)c1nccs1. The highest BCUT2D eigenvalue weighted by Crippen LogP contribution is 2.32. The predicted octanol–water partition coefficient (Wildman–Crippen LogP) is 1.76. The van der Waals surface area contributed by atoms with E-state index in [9.17, 15) is 9.59 Å². The van der Waals surface area contributed by atoms with Crippen LogP contribution in [-0.2, 0) is 4.79 Å². The molecule has 1 saturated carbocycles. The van der Waals surface area contributed by atoms with Gasteiger partial charge in [0.25, 0.3) is 0 Å². The number of thiazole rings is 1. The summed E-state index contributed by atoms with van der Waals surface area (Å²) in [7, 11) is 0. The average molecular weight is 283 g/mol. The van der Waals surface area contributed by atoms with Crippen LogP contribution in [-0.4, -0.2) is 28.1 Å². The molecule has 2 rings (SSSR count). The molecule has 0 aliphatic heterocycles. The Balaban J connectivity index is 1.90. The van der Waals surface area contributed by atoms with Crippen molar-refractivity contribution in [3.05, 3.63) is 16.6 Å². The second kappa shape index (κ2) is 6.01. The molecule has 0 radical (unpaired) electrons. The molecular weight excluding hydrogens is 266 g/mol. The first kappa shape index (κ1) is 13.8. The quantitative estimate of drug-likeness (QED) is 0.742. The lowest BCUT2D eigenvalue weighted by Crippen LogP contribution is -2.48. The minimum absolute atomic E-state index is 0.0724. The van der Waals surface area contributed by atoms with Crippen LogP contribution >= 0.6 is 11.3 Å². The summed E-state index contributed by atoms with van der Waals surface area (Å²) in [5.41, 5.74) is 0. The van der Waals surface area contributed by atoms with Crippen molar-refractivity contribution in [3.63, 3.8) is 0 Å². The van der Waals surface area contributed by atoms with Crippen LogP contribution in [0.5, 0.6) is 0 Å². The molecule has 0 aromatic carbocycles. The Morgan fingerprint density at radius 2 is 2.26 bits per heavy atom. The predicted molar refractivity (Wildman–Crippen MR) is 71.0 cm³/mol. The van der Waals surface area contributed by atoms with Gasteiger partial charge in [-0.15, -0.1) is 11.3 Å². The molecule has 0 spiro atoms. The summed E-state index contributed by atoms with van der Waals surface area (Å²) < 4.78 is 0. The highest BCUT2D eigenvalue weighted by atomic mass is 32.1. The van der Waals surface area contributed by atoms with E-state index >= 15 is 0 Å². The topological polar surface area (TPSA) is 91.3 Å². The van der Waals surface area contributed by atoms with E-state index in [1.54, 1.807) is 6.20 Å². The number of carbonyl (C=O) groups is 2. The van der Waals surface area contributed by atoms with Crippen LogP contribution in [0.3, 0.4) is 0 Å². The standard InChI is InChI=1S/C12H17N3O3S/c1-2-8(10-13-5-6-19-10)14-12(18)15-9(11(16)17)7-3-4-7/h5-9H,2-4H2,1H3,(H,16,17)(H2,14,15,18). The van der Waals surface area contributed by atoms with E-state index in [1.165, 1.54) is 11.3 Å². The smallest absolute Gasteiger partial charge is 0.326 e. The van der Waals surface area contributed by atoms with Crippen LogP contribution in [0.1, 0.15) is 37.2 Å². The Kier molecular flexibility index (Phi) is 4.36. The maximum atomic E-state index is 11.8. The monoisotopic (exact) mass is 283 g/mol. The Morgan fingerprint density at radius 3 is 2.74 bits per heavy atom. The van der Waals surface area contributed by atoms with Crippen molar-refractivity contribution in [2.45, 2.75) is 38.3 Å². The van der Waals surface area contributed by atoms with Gasteiger partial charge < -0.3 is 15.7 Å². The molecular formula is C12H17N3O3S. The molecule has 2 unspecified atom stereocenters. The zero-order valence-corrected chi connectivity index (χ0v) is 11.4. The number of carbonyl (C=O) groups excluding carboxylic acids is 1. The number of urea groups is 1. The molecule has 1 fully saturated rings. The van der Waals surface area contributed by atoms with E-state index in [2.05, 4.69) is 15.6 Å². The first-order valence-corrected chi connectivity index (χ1v) is 7.19. The molecule has 2 atom stereocenters. The minimum atomic E-state index is -0.972. The molecule has 1 aliphatic rings. The van der Waals surface area contributed by atoms with Crippen molar-refractivity contribution < 1.29 is 14.7 Å². The van der Waals surface area contributed by atoms with Crippen LogP contribution < -0.4 is 10.6 Å². The van der Waals surface area contributed by atoms with E-state index in [4.69, 9.17) is 5.11 Å². The first-order valence-electron chi connectivity index (χ1n) is 6.31. The minimum Gasteiger partial charge on any atom is -0.480 e. The summed E-state index contributed by atoms with van der Waals surface area (Å²) in [4.78, 5) is 27.1. The highest BCUT2D eigenvalue weighted by molar-refractivity contribution is 7.09. The van der Waals surface area contributed by atoms with Crippen LogP contribution in [0.25, 0.3) is 0 Å². The number of nitrogens with one attached hydrogen (secondary N) is 2. The number of carboxylic acid groups (broad SMARTS) is 1. The lowest BCUT2D eigenvalue weighted by atomic mass is 10.2. The molecule has 6 nitrogen and oxygen atoms in total. The molecule has 19 heavy (non-hydrogen) atoms. The van der Waals surface area contributed by atoms with Crippen LogP contribution in [0.4, 0.5) is 4.79 Å². The van der Waals surface area contributed by atoms with Gasteiger partial charge in [-0.05, 0) is 25.2 Å². The summed E-state index contributed by atoms with van der Waals surface area (Å²) in [6.07, 6.45) is 4.12. The fraction of sp³-hybridized carbons (Fsp3) is 0.583. The molecule has 1 aliphatic carbocycles. The first-order chi connectivity index (χ1) is 9.11. The van der Waals surface area contributed by atoms with Crippen molar-refractivity contribution in [3.8, 4) is 0 Å². The summed E-state index contributed by atoms with van der Waals surface area (Å²) in [5, 5.41) is 17.0. The Morgan fingerprint density at radius 1 is 1.53 bits per heavy atom. The van der Waals surface area contributed by atoms with Gasteiger partial charge in [0.15, 0.2) is 0 Å². The largest absolute Gasteiger partial charge is 0.480 e. The van der Waals surface area contributed by atoms with E-state index in [1.807, 2.05) is 12.3 Å². The lowest BCUT2D eigenvalue weighted by molar-refractivity contribution is -0.139. The normalized spacial score (nSPS) is 17.5. The van der Waals surface area contributed by atoms with Gasteiger partial charge in [-0.3, -0.25) is 0 Å². The third kappa shape index (κ3) is 3.66. The van der Waals surface area contributed by atoms with Crippen LogP contribution in [0.2, 0.25) is 0 Å². The summed E-state index contributed by atoms with van der Waals surface area (Å²) in [6, 6.07) is -1.40. The van der Waals surface area contributed by atoms with E-state index in [-0.39, 0.29) is 12.0 Å². The number of aromatic nitrogens is 1. The molecule has 1 aromatic rings. The number of carboxylic acids is 1. The van der Waals surface area contributed by atoms with Crippen LogP contribution in [0, 0.1) is 5.92 Å². The Hall–Kier alpha value is -1.63. The van der Waals surface area contributed by atoms with Gasteiger partial charge in [-0.1, -0.05) is 6.92 Å².